The van der Waals surface area contributed by atoms with Crippen LogP contribution in [0.2, 0.25) is 0 Å². The van der Waals surface area contributed by atoms with Gasteiger partial charge in [0.2, 0.25) is 15.9 Å². The number of piperazine rings is 1. The molecule has 2 aliphatic rings. The lowest BCUT2D eigenvalue weighted by molar-refractivity contribution is -0.117. The Kier molecular flexibility index (Phi) is 9.16. The lowest BCUT2D eigenvalue weighted by Gasteiger charge is -2.40. The summed E-state index contributed by atoms with van der Waals surface area (Å²) in [4.78, 5) is 17.3. The molecule has 2 fully saturated rings. The molecule has 0 radical (unpaired) electrons. The van der Waals surface area contributed by atoms with Crippen LogP contribution in [-0.2, 0) is 21.2 Å². The SMILES string of the molecule is C[C@H]1CNC[C@H](CCc2c(F)cncc2NC(=O)[C@@H](N)[C@@H](c2ccc(F)cc2)c2cc(F)cc(F)c2)N1S(=O)(=O)C1CC1. The number of aromatic nitrogens is 1. The van der Waals surface area contributed by atoms with E-state index in [-0.39, 0.29) is 40.9 Å². The van der Waals surface area contributed by atoms with Gasteiger partial charge in [0.25, 0.3) is 0 Å². The summed E-state index contributed by atoms with van der Waals surface area (Å²) in [5, 5.41) is 5.46. The molecule has 43 heavy (non-hydrogen) atoms. The van der Waals surface area contributed by atoms with Gasteiger partial charge in [-0.3, -0.25) is 9.78 Å². The Morgan fingerprint density at radius 2 is 1.70 bits per heavy atom. The van der Waals surface area contributed by atoms with E-state index < -0.39 is 57.2 Å². The number of anilines is 1. The first-order valence-electron chi connectivity index (χ1n) is 14.1. The Labute approximate surface area is 247 Å². The van der Waals surface area contributed by atoms with Crippen LogP contribution in [0.25, 0.3) is 0 Å². The minimum atomic E-state index is -3.49. The summed E-state index contributed by atoms with van der Waals surface area (Å²) in [6.45, 7) is 2.75. The van der Waals surface area contributed by atoms with E-state index in [9.17, 15) is 26.4 Å². The molecule has 1 amide bonds. The summed E-state index contributed by atoms with van der Waals surface area (Å²) in [6.07, 6.45) is 3.89. The molecule has 2 aromatic carbocycles. The van der Waals surface area contributed by atoms with E-state index in [1.165, 1.54) is 18.3 Å². The molecule has 0 unspecified atom stereocenters. The third kappa shape index (κ3) is 6.90. The Morgan fingerprint density at radius 3 is 2.35 bits per heavy atom. The first-order valence-corrected chi connectivity index (χ1v) is 15.6. The molecular weight excluding hydrogens is 586 g/mol. The number of rotatable bonds is 10. The molecule has 4 N–H and O–H groups in total. The van der Waals surface area contributed by atoms with Crippen LogP contribution >= 0.6 is 0 Å². The first-order chi connectivity index (χ1) is 20.5. The molecule has 4 atom stereocenters. The van der Waals surface area contributed by atoms with E-state index in [1.54, 1.807) is 4.31 Å². The number of hydrogen-bond acceptors (Lipinski definition) is 6. The molecular formula is C30H33F4N5O3S. The monoisotopic (exact) mass is 619 g/mol. The van der Waals surface area contributed by atoms with Gasteiger partial charge in [0.05, 0.1) is 29.4 Å². The number of halogens is 4. The highest BCUT2D eigenvalue weighted by molar-refractivity contribution is 7.90. The van der Waals surface area contributed by atoms with Crippen molar-refractivity contribution in [3.8, 4) is 0 Å². The summed E-state index contributed by atoms with van der Waals surface area (Å²) >= 11 is 0. The summed E-state index contributed by atoms with van der Waals surface area (Å²) in [5.74, 6) is -4.87. The van der Waals surface area contributed by atoms with E-state index in [1.807, 2.05) is 6.92 Å². The van der Waals surface area contributed by atoms with Crippen LogP contribution in [0.15, 0.2) is 54.9 Å². The molecule has 5 rings (SSSR count). The highest BCUT2D eigenvalue weighted by Crippen LogP contribution is 2.35. The number of pyridine rings is 1. The minimum absolute atomic E-state index is 0.0390. The van der Waals surface area contributed by atoms with Gasteiger partial charge in [-0.15, -0.1) is 0 Å². The number of carbonyl (C=O) groups is 1. The van der Waals surface area contributed by atoms with E-state index in [2.05, 4.69) is 15.6 Å². The zero-order chi connectivity index (χ0) is 30.9. The summed E-state index contributed by atoms with van der Waals surface area (Å²) in [5.41, 5.74) is 6.91. The van der Waals surface area contributed by atoms with Crippen molar-refractivity contribution in [1.29, 1.82) is 0 Å². The van der Waals surface area contributed by atoms with Crippen LogP contribution < -0.4 is 16.4 Å². The summed E-state index contributed by atoms with van der Waals surface area (Å²) < 4.78 is 84.9. The molecule has 13 heteroatoms. The van der Waals surface area contributed by atoms with E-state index in [4.69, 9.17) is 5.73 Å². The topological polar surface area (TPSA) is 117 Å². The van der Waals surface area contributed by atoms with Gasteiger partial charge in [-0.2, -0.15) is 4.31 Å². The van der Waals surface area contributed by atoms with E-state index in [0.717, 1.165) is 30.5 Å². The van der Waals surface area contributed by atoms with Crippen LogP contribution in [0.3, 0.4) is 0 Å². The van der Waals surface area contributed by atoms with Crippen LogP contribution in [0.4, 0.5) is 23.2 Å². The van der Waals surface area contributed by atoms with Gasteiger partial charge in [0.1, 0.15) is 23.3 Å². The number of nitrogens with zero attached hydrogens (tertiary/aromatic N) is 2. The lowest BCUT2D eigenvalue weighted by Crippen LogP contribution is -2.59. The number of amides is 1. The van der Waals surface area contributed by atoms with Crippen molar-refractivity contribution in [1.82, 2.24) is 14.6 Å². The van der Waals surface area contributed by atoms with Crippen LogP contribution in [0.5, 0.6) is 0 Å². The second-order valence-electron chi connectivity index (χ2n) is 11.2. The van der Waals surface area contributed by atoms with Gasteiger partial charge in [0, 0.05) is 42.7 Å². The van der Waals surface area contributed by atoms with Crippen molar-refractivity contribution in [2.45, 2.75) is 61.9 Å². The fourth-order valence-corrected chi connectivity index (χ4v) is 8.01. The molecule has 230 valence electrons. The van der Waals surface area contributed by atoms with Gasteiger partial charge in [-0.05, 0) is 68.0 Å². The highest BCUT2D eigenvalue weighted by atomic mass is 32.2. The molecule has 1 saturated heterocycles. The molecule has 0 bridgehead atoms. The average Bonchev–Trinajstić information content (AvgIpc) is 3.80. The number of sulfonamides is 1. The Bertz CT molecular complexity index is 1570. The third-order valence-corrected chi connectivity index (χ3v) is 10.5. The Morgan fingerprint density at radius 1 is 1.02 bits per heavy atom. The number of carbonyl (C=O) groups excluding carboxylic acids is 1. The van der Waals surface area contributed by atoms with Crippen molar-refractivity contribution < 1.29 is 30.8 Å². The number of nitrogens with two attached hydrogens (primary N) is 1. The van der Waals surface area contributed by atoms with E-state index in [0.29, 0.717) is 37.6 Å². The lowest BCUT2D eigenvalue weighted by atomic mass is 9.84. The summed E-state index contributed by atoms with van der Waals surface area (Å²) in [6, 6.07) is 5.68. The quantitative estimate of drug-likeness (QED) is 0.297. The molecule has 8 nitrogen and oxygen atoms in total. The van der Waals surface area contributed by atoms with Crippen LogP contribution in [0, 0.1) is 23.3 Å². The Balaban J connectivity index is 1.38. The molecule has 1 aliphatic heterocycles. The smallest absolute Gasteiger partial charge is 0.242 e. The normalized spacial score (nSPS) is 20.9. The zero-order valence-electron chi connectivity index (χ0n) is 23.4. The molecule has 1 saturated carbocycles. The predicted octanol–water partition coefficient (Wildman–Crippen LogP) is 3.82. The van der Waals surface area contributed by atoms with E-state index >= 15 is 4.39 Å². The highest BCUT2D eigenvalue weighted by Gasteiger charge is 2.45. The molecule has 1 aliphatic carbocycles. The first kappa shape index (κ1) is 31.0. The molecule has 0 spiro atoms. The molecule has 3 aromatic rings. The maximum absolute atomic E-state index is 15.1. The zero-order valence-corrected chi connectivity index (χ0v) is 24.3. The van der Waals surface area contributed by atoms with Gasteiger partial charge < -0.3 is 16.4 Å². The number of benzene rings is 2. The maximum atomic E-state index is 15.1. The fourth-order valence-electron chi connectivity index (χ4n) is 5.76. The molecule has 1 aromatic heterocycles. The van der Waals surface area contributed by atoms with Crippen molar-refractivity contribution in [2.75, 3.05) is 18.4 Å². The summed E-state index contributed by atoms with van der Waals surface area (Å²) in [7, 11) is -3.49. The number of hydrogen-bond donors (Lipinski definition) is 3. The van der Waals surface area contributed by atoms with Crippen molar-refractivity contribution in [3.63, 3.8) is 0 Å². The second kappa shape index (κ2) is 12.7. The standard InChI is InChI=1S/C30H33F4N5O3S/c1-17-13-36-14-23(39(17)43(41,42)24-7-8-24)6-9-25-26(34)15-37-16-27(25)38-30(40)29(35)28(18-2-4-20(31)5-3-18)19-10-21(32)12-22(33)11-19/h2-5,10-12,15-17,23-24,28-29,36H,6-9,13-14,35H2,1H3,(H,38,40)/t17-,23-,28-,29-/m0/s1. The Hall–Kier alpha value is -3.39. The van der Waals surface area contributed by atoms with Gasteiger partial charge in [0.15, 0.2) is 0 Å². The average molecular weight is 620 g/mol. The van der Waals surface area contributed by atoms with Crippen LogP contribution in [-0.4, -0.2) is 60.1 Å². The van der Waals surface area contributed by atoms with Gasteiger partial charge in [-0.1, -0.05) is 12.1 Å². The third-order valence-electron chi connectivity index (χ3n) is 7.98. The van der Waals surface area contributed by atoms with Crippen molar-refractivity contribution >= 4 is 21.6 Å². The molecule has 2 heterocycles. The van der Waals surface area contributed by atoms with Crippen molar-refractivity contribution in [2.24, 2.45) is 5.73 Å². The second-order valence-corrected chi connectivity index (χ2v) is 13.3. The number of nitrogens with one attached hydrogen (secondary N) is 2. The largest absolute Gasteiger partial charge is 0.323 e. The maximum Gasteiger partial charge on any atom is 0.242 e. The minimum Gasteiger partial charge on any atom is -0.323 e. The van der Waals surface area contributed by atoms with Gasteiger partial charge in [-0.25, -0.2) is 26.0 Å². The van der Waals surface area contributed by atoms with Crippen molar-refractivity contribution in [3.05, 3.63) is 94.8 Å². The predicted molar refractivity (Wildman–Crippen MR) is 154 cm³/mol. The fraction of sp³-hybridized carbons (Fsp3) is 0.400. The van der Waals surface area contributed by atoms with Gasteiger partial charge >= 0.3 is 0 Å². The van der Waals surface area contributed by atoms with Crippen LogP contribution in [0.1, 0.15) is 48.8 Å².